The van der Waals surface area contributed by atoms with E-state index in [9.17, 15) is 0 Å². The van der Waals surface area contributed by atoms with Gasteiger partial charge in [-0.05, 0) is 78.9 Å². The van der Waals surface area contributed by atoms with Crippen LogP contribution in [0.25, 0.3) is 16.7 Å². The highest BCUT2D eigenvalue weighted by atomic mass is 127. The molecule has 0 aliphatic rings. The van der Waals surface area contributed by atoms with Crippen LogP contribution in [-0.4, -0.2) is 20.7 Å². The van der Waals surface area contributed by atoms with Gasteiger partial charge < -0.3 is 9.55 Å². The highest BCUT2D eigenvalue weighted by Crippen LogP contribution is 2.21. The van der Waals surface area contributed by atoms with Gasteiger partial charge in [0.15, 0.2) is 0 Å². The molecule has 0 unspecified atom stereocenters. The zero-order valence-corrected chi connectivity index (χ0v) is 16.7. The Labute approximate surface area is 165 Å². The number of fused-ring (bicyclic) bond motifs is 1. The molecule has 0 radical (unpaired) electrons. The lowest BCUT2D eigenvalue weighted by Crippen LogP contribution is -2.00. The van der Waals surface area contributed by atoms with Gasteiger partial charge in [-0.15, -0.1) is 0 Å². The molecule has 2 aromatic heterocycles. The molecule has 2 N–H and O–H groups in total. The van der Waals surface area contributed by atoms with Crippen LogP contribution in [0.2, 0.25) is 0 Å². The van der Waals surface area contributed by atoms with E-state index in [1.165, 1.54) is 9.26 Å². The smallest absolute Gasteiger partial charge is 0.222 e. The van der Waals surface area contributed by atoms with Gasteiger partial charge >= 0.3 is 0 Å². The molecular weight excluding hydrogens is 437 g/mol. The monoisotopic (exact) mass is 455 g/mol. The van der Waals surface area contributed by atoms with Crippen molar-refractivity contribution in [1.82, 2.24) is 14.5 Å². The first-order valence-corrected chi connectivity index (χ1v) is 9.38. The molecule has 2 aromatic carbocycles. The summed E-state index contributed by atoms with van der Waals surface area (Å²) in [5.41, 5.74) is 9.44. The summed E-state index contributed by atoms with van der Waals surface area (Å²) in [4.78, 5) is 7.66. The first-order chi connectivity index (χ1) is 12.6. The Balaban J connectivity index is 1.57. The molecule has 26 heavy (non-hydrogen) atoms. The zero-order chi connectivity index (χ0) is 18.1. The van der Waals surface area contributed by atoms with Crippen molar-refractivity contribution in [2.24, 2.45) is 5.10 Å². The minimum atomic E-state index is 0.633. The quantitative estimate of drug-likeness (QED) is 0.258. The minimum Gasteiger partial charge on any atom is -0.323 e. The van der Waals surface area contributed by atoms with Crippen molar-refractivity contribution in [3.8, 4) is 5.69 Å². The van der Waals surface area contributed by atoms with E-state index < -0.39 is 0 Å². The molecule has 0 spiro atoms. The Kier molecular flexibility index (Phi) is 4.50. The van der Waals surface area contributed by atoms with Gasteiger partial charge in [0.05, 0.1) is 17.2 Å². The van der Waals surface area contributed by atoms with Crippen LogP contribution in [0, 0.1) is 17.4 Å². The molecule has 0 aliphatic carbocycles. The van der Waals surface area contributed by atoms with Crippen LogP contribution in [0.15, 0.2) is 59.7 Å². The fourth-order valence-corrected chi connectivity index (χ4v) is 3.43. The number of rotatable bonds is 4. The number of nitrogens with zero attached hydrogens (tertiary/aromatic N) is 3. The van der Waals surface area contributed by atoms with E-state index in [0.29, 0.717) is 5.95 Å². The summed E-state index contributed by atoms with van der Waals surface area (Å²) >= 11 is 2.32. The summed E-state index contributed by atoms with van der Waals surface area (Å²) in [6.45, 7) is 4.21. The topological polar surface area (TPSA) is 58.0 Å². The Bertz CT molecular complexity index is 1060. The molecule has 130 valence electrons. The van der Waals surface area contributed by atoms with E-state index in [0.717, 1.165) is 28.0 Å². The Morgan fingerprint density at radius 2 is 1.88 bits per heavy atom. The van der Waals surface area contributed by atoms with Gasteiger partial charge in [0.1, 0.15) is 0 Å². The van der Waals surface area contributed by atoms with Crippen molar-refractivity contribution in [3.05, 3.63) is 75.1 Å². The molecule has 0 saturated heterocycles. The van der Waals surface area contributed by atoms with Gasteiger partial charge in [-0.2, -0.15) is 5.10 Å². The zero-order valence-electron chi connectivity index (χ0n) is 14.5. The third-order valence-electron chi connectivity index (χ3n) is 4.32. The molecule has 0 bridgehead atoms. The van der Waals surface area contributed by atoms with Crippen LogP contribution in [-0.2, 0) is 0 Å². The number of nitrogens with one attached hydrogen (secondary N) is 2. The molecule has 0 saturated carbocycles. The number of hydrazone groups is 1. The summed E-state index contributed by atoms with van der Waals surface area (Å²) in [6, 6.07) is 18.5. The Morgan fingerprint density at radius 3 is 2.65 bits per heavy atom. The summed E-state index contributed by atoms with van der Waals surface area (Å²) < 4.78 is 3.46. The van der Waals surface area contributed by atoms with E-state index in [1.54, 1.807) is 0 Å². The summed E-state index contributed by atoms with van der Waals surface area (Å²) in [7, 11) is 0. The predicted octanol–water partition coefficient (Wildman–Crippen LogP) is 5.02. The molecule has 5 nitrogen and oxygen atoms in total. The highest BCUT2D eigenvalue weighted by molar-refractivity contribution is 14.1. The van der Waals surface area contributed by atoms with Crippen LogP contribution in [0.5, 0.6) is 0 Å². The molecule has 0 amide bonds. The first kappa shape index (κ1) is 16.8. The molecule has 2 heterocycles. The molecular formula is C20H18IN5. The number of para-hydroxylation sites is 2. The summed E-state index contributed by atoms with van der Waals surface area (Å²) in [6.07, 6.45) is 1.83. The normalized spacial score (nSPS) is 11.5. The van der Waals surface area contributed by atoms with Gasteiger partial charge in [0, 0.05) is 26.2 Å². The van der Waals surface area contributed by atoms with Crippen molar-refractivity contribution in [1.29, 1.82) is 0 Å². The van der Waals surface area contributed by atoms with Crippen LogP contribution >= 0.6 is 22.6 Å². The molecule has 0 aliphatic heterocycles. The van der Waals surface area contributed by atoms with E-state index in [-0.39, 0.29) is 0 Å². The number of aryl methyl sites for hydroxylation is 1. The Hall–Kier alpha value is -2.61. The van der Waals surface area contributed by atoms with Crippen molar-refractivity contribution in [3.63, 3.8) is 0 Å². The Morgan fingerprint density at radius 1 is 1.12 bits per heavy atom. The second-order valence-electron chi connectivity index (χ2n) is 6.11. The number of H-pyrrole nitrogens is 1. The SMILES string of the molecule is Cc1cc(/C=N\Nc2nc3ccccc3[nH]2)c(C)n1-c1ccc(I)cc1. The second-order valence-corrected chi connectivity index (χ2v) is 7.36. The number of aromatic nitrogens is 3. The number of benzene rings is 2. The fraction of sp³-hybridized carbons (Fsp3) is 0.100. The van der Waals surface area contributed by atoms with E-state index in [4.69, 9.17) is 0 Å². The number of halogens is 1. The number of hydrogen-bond acceptors (Lipinski definition) is 3. The van der Waals surface area contributed by atoms with Gasteiger partial charge in [0.25, 0.3) is 0 Å². The van der Waals surface area contributed by atoms with E-state index in [1.807, 2.05) is 30.5 Å². The average molecular weight is 455 g/mol. The average Bonchev–Trinajstić information content (AvgIpc) is 3.17. The standard InChI is InChI=1S/C20H18IN5/c1-13-11-15(14(2)26(13)17-9-7-16(21)8-10-17)12-22-25-20-23-18-5-3-4-6-19(18)24-20/h3-12H,1-2H3,(H2,23,24,25)/b22-12-. The third kappa shape index (κ3) is 3.24. The van der Waals surface area contributed by atoms with E-state index >= 15 is 0 Å². The lowest BCUT2D eigenvalue weighted by molar-refractivity contribution is 0.964. The number of imidazole rings is 1. The maximum Gasteiger partial charge on any atom is 0.222 e. The molecule has 6 heteroatoms. The second kappa shape index (κ2) is 6.95. The molecule has 0 fully saturated rings. The van der Waals surface area contributed by atoms with Gasteiger partial charge in [-0.25, -0.2) is 10.4 Å². The predicted molar refractivity (Wildman–Crippen MR) is 115 cm³/mol. The third-order valence-corrected chi connectivity index (χ3v) is 5.04. The van der Waals surface area contributed by atoms with Crippen molar-refractivity contribution < 1.29 is 0 Å². The van der Waals surface area contributed by atoms with E-state index in [2.05, 4.69) is 91.8 Å². The largest absolute Gasteiger partial charge is 0.323 e. The van der Waals surface area contributed by atoms with Crippen LogP contribution < -0.4 is 5.43 Å². The van der Waals surface area contributed by atoms with Gasteiger partial charge in [0.2, 0.25) is 5.95 Å². The minimum absolute atomic E-state index is 0.633. The van der Waals surface area contributed by atoms with Crippen LogP contribution in [0.1, 0.15) is 17.0 Å². The fourth-order valence-electron chi connectivity index (χ4n) is 3.07. The molecule has 4 rings (SSSR count). The maximum absolute atomic E-state index is 4.46. The van der Waals surface area contributed by atoms with Crippen molar-refractivity contribution in [2.75, 3.05) is 5.43 Å². The number of aromatic amines is 1. The molecule has 4 aromatic rings. The lowest BCUT2D eigenvalue weighted by Gasteiger charge is -2.09. The lowest BCUT2D eigenvalue weighted by atomic mass is 10.2. The van der Waals surface area contributed by atoms with Crippen molar-refractivity contribution in [2.45, 2.75) is 13.8 Å². The number of hydrogen-bond donors (Lipinski definition) is 2. The molecule has 0 atom stereocenters. The maximum atomic E-state index is 4.46. The van der Waals surface area contributed by atoms with Gasteiger partial charge in [-0.3, -0.25) is 0 Å². The van der Waals surface area contributed by atoms with Gasteiger partial charge in [-0.1, -0.05) is 12.1 Å². The highest BCUT2D eigenvalue weighted by Gasteiger charge is 2.09. The summed E-state index contributed by atoms with van der Waals surface area (Å²) in [5, 5.41) is 4.35. The van der Waals surface area contributed by atoms with Crippen LogP contribution in [0.4, 0.5) is 5.95 Å². The summed E-state index contributed by atoms with van der Waals surface area (Å²) in [5.74, 6) is 0.633. The number of anilines is 1. The first-order valence-electron chi connectivity index (χ1n) is 8.30. The van der Waals surface area contributed by atoms with Crippen molar-refractivity contribution >= 4 is 45.8 Å². The van der Waals surface area contributed by atoms with Crippen LogP contribution in [0.3, 0.4) is 0 Å².